The van der Waals surface area contributed by atoms with Crippen LogP contribution in [0, 0.1) is 17.8 Å². The number of fused-ring (bicyclic) bond motifs is 2. The van der Waals surface area contributed by atoms with E-state index in [0.717, 1.165) is 36.1 Å². The van der Waals surface area contributed by atoms with E-state index in [-0.39, 0.29) is 24.8 Å². The molecule has 182 valence electrons. The topological polar surface area (TPSA) is 54.0 Å². The molecule has 1 saturated carbocycles. The fourth-order valence-electron chi connectivity index (χ4n) is 5.84. The summed E-state index contributed by atoms with van der Waals surface area (Å²) in [6, 6.07) is 24.1. The molecule has 5 nitrogen and oxygen atoms in total. The molecule has 0 aliphatic heterocycles. The van der Waals surface area contributed by atoms with Crippen molar-refractivity contribution < 1.29 is 23.7 Å². The molecule has 0 unspecified atom stereocenters. The van der Waals surface area contributed by atoms with E-state index >= 15 is 0 Å². The second-order valence-corrected chi connectivity index (χ2v) is 9.49. The lowest BCUT2D eigenvalue weighted by Gasteiger charge is -2.32. The third kappa shape index (κ3) is 4.97. The lowest BCUT2D eigenvalue weighted by molar-refractivity contribution is -0.0659. The van der Waals surface area contributed by atoms with Crippen LogP contribution in [0.5, 0.6) is 5.75 Å². The molecule has 3 aromatic carbocycles. The van der Waals surface area contributed by atoms with Gasteiger partial charge in [0.2, 0.25) is 0 Å². The van der Waals surface area contributed by atoms with Gasteiger partial charge in [-0.25, -0.2) is 4.79 Å². The van der Waals surface area contributed by atoms with Crippen molar-refractivity contribution in [3.05, 3.63) is 89.5 Å². The predicted molar refractivity (Wildman–Crippen MR) is 134 cm³/mol. The number of carbonyl (C=O) groups excluding carboxylic acids is 1. The summed E-state index contributed by atoms with van der Waals surface area (Å²) in [6.45, 7) is 0.749. The number of methoxy groups -OCH3 is 2. The Bertz CT molecular complexity index is 1140. The fraction of sp³-hybridized carbons (Fsp3) is 0.367. The van der Waals surface area contributed by atoms with Crippen LogP contribution >= 0.6 is 0 Å². The van der Waals surface area contributed by atoms with Gasteiger partial charge in [-0.15, -0.1) is 0 Å². The van der Waals surface area contributed by atoms with Crippen molar-refractivity contribution in [2.75, 3.05) is 27.6 Å². The zero-order valence-corrected chi connectivity index (χ0v) is 20.3. The first-order chi connectivity index (χ1) is 17.2. The van der Waals surface area contributed by atoms with Gasteiger partial charge >= 0.3 is 5.97 Å². The van der Waals surface area contributed by atoms with Gasteiger partial charge in [0.15, 0.2) is 0 Å². The van der Waals surface area contributed by atoms with E-state index < -0.39 is 0 Å². The van der Waals surface area contributed by atoms with Crippen molar-refractivity contribution in [3.8, 4) is 16.9 Å². The Kier molecular flexibility index (Phi) is 7.16. The van der Waals surface area contributed by atoms with Crippen molar-refractivity contribution in [1.82, 2.24) is 0 Å². The molecule has 35 heavy (non-hydrogen) atoms. The largest absolute Gasteiger partial charge is 0.496 e. The average molecular weight is 473 g/mol. The molecule has 0 heterocycles. The smallest absolute Gasteiger partial charge is 0.338 e. The monoisotopic (exact) mass is 472 g/mol. The Balaban J connectivity index is 1.32. The van der Waals surface area contributed by atoms with Crippen LogP contribution in [0.15, 0.2) is 72.8 Å². The maximum absolute atomic E-state index is 13.1. The molecule has 4 atom stereocenters. The van der Waals surface area contributed by atoms with Crippen molar-refractivity contribution >= 4 is 5.97 Å². The minimum Gasteiger partial charge on any atom is -0.496 e. The summed E-state index contributed by atoms with van der Waals surface area (Å²) in [7, 11) is 3.35. The SMILES string of the molecule is COCOC[C@@H]1[C@H]2Cc3cccc(OC)c3C[C@H]2C[C@H]1OC(=O)c1ccc(-c2ccccc2)cc1. The van der Waals surface area contributed by atoms with Gasteiger partial charge in [-0.3, -0.25) is 0 Å². The highest BCUT2D eigenvalue weighted by Crippen LogP contribution is 2.48. The Labute approximate surface area is 207 Å². The van der Waals surface area contributed by atoms with E-state index in [4.69, 9.17) is 18.9 Å². The maximum atomic E-state index is 13.1. The molecule has 0 N–H and O–H groups in total. The first kappa shape index (κ1) is 23.6. The minimum atomic E-state index is -0.278. The van der Waals surface area contributed by atoms with E-state index in [9.17, 15) is 4.79 Å². The second-order valence-electron chi connectivity index (χ2n) is 9.49. The van der Waals surface area contributed by atoms with Gasteiger partial charge in [-0.2, -0.15) is 0 Å². The molecule has 5 heteroatoms. The lowest BCUT2D eigenvalue weighted by atomic mass is 9.75. The van der Waals surface area contributed by atoms with Crippen LogP contribution in [0.25, 0.3) is 11.1 Å². The van der Waals surface area contributed by atoms with Crippen LogP contribution in [0.4, 0.5) is 0 Å². The van der Waals surface area contributed by atoms with Gasteiger partial charge in [0.1, 0.15) is 18.6 Å². The van der Waals surface area contributed by atoms with Gasteiger partial charge in [0.05, 0.1) is 19.3 Å². The average Bonchev–Trinajstić information content (AvgIpc) is 3.23. The van der Waals surface area contributed by atoms with Gasteiger partial charge in [-0.05, 0) is 71.6 Å². The maximum Gasteiger partial charge on any atom is 0.338 e. The number of hydrogen-bond acceptors (Lipinski definition) is 5. The summed E-state index contributed by atoms with van der Waals surface area (Å²) in [6.07, 6.45) is 2.52. The number of benzene rings is 3. The molecule has 0 radical (unpaired) electrons. The first-order valence-corrected chi connectivity index (χ1v) is 12.3. The number of hydrogen-bond donors (Lipinski definition) is 0. The molecular weight excluding hydrogens is 440 g/mol. The third-order valence-electron chi connectivity index (χ3n) is 7.54. The summed E-state index contributed by atoms with van der Waals surface area (Å²) in [5.74, 6) is 1.62. The highest BCUT2D eigenvalue weighted by atomic mass is 16.7. The quantitative estimate of drug-likeness (QED) is 0.244. The van der Waals surface area contributed by atoms with Crippen molar-refractivity contribution in [3.63, 3.8) is 0 Å². The summed E-state index contributed by atoms with van der Waals surface area (Å²) >= 11 is 0. The number of ether oxygens (including phenoxy) is 4. The Morgan fingerprint density at radius 3 is 2.40 bits per heavy atom. The van der Waals surface area contributed by atoms with Crippen molar-refractivity contribution in [1.29, 1.82) is 0 Å². The zero-order valence-electron chi connectivity index (χ0n) is 20.3. The molecule has 0 aromatic heterocycles. The standard InChI is InChI=1S/C30H32O5/c1-32-19-34-18-27-25-15-23-9-6-10-28(33-2)26(23)16-24(25)17-29(27)35-30(31)22-13-11-21(12-14-22)20-7-4-3-5-8-20/h3-14,24-25,27,29H,15-19H2,1-2H3/t24-,25-,27+,29+/m0/s1. The predicted octanol–water partition coefficient (Wildman–Crippen LogP) is 5.56. The Morgan fingerprint density at radius 2 is 1.66 bits per heavy atom. The molecule has 0 bridgehead atoms. The zero-order chi connectivity index (χ0) is 24.2. The van der Waals surface area contributed by atoms with E-state index in [1.165, 1.54) is 11.1 Å². The van der Waals surface area contributed by atoms with Gasteiger partial charge in [0, 0.05) is 13.0 Å². The number of rotatable bonds is 8. The molecule has 3 aromatic rings. The van der Waals surface area contributed by atoms with Gasteiger partial charge in [0.25, 0.3) is 0 Å². The van der Waals surface area contributed by atoms with Crippen LogP contribution < -0.4 is 4.74 Å². The molecule has 0 saturated heterocycles. The number of esters is 1. The van der Waals surface area contributed by atoms with Gasteiger partial charge < -0.3 is 18.9 Å². The Morgan fingerprint density at radius 1 is 0.886 bits per heavy atom. The van der Waals surface area contributed by atoms with Crippen LogP contribution in [0.1, 0.15) is 27.9 Å². The van der Waals surface area contributed by atoms with E-state index in [1.54, 1.807) is 14.2 Å². The molecule has 1 fully saturated rings. The normalized spacial score (nSPS) is 22.8. The van der Waals surface area contributed by atoms with Crippen molar-refractivity contribution in [2.24, 2.45) is 17.8 Å². The van der Waals surface area contributed by atoms with E-state index in [0.29, 0.717) is 24.0 Å². The first-order valence-electron chi connectivity index (χ1n) is 12.3. The third-order valence-corrected chi connectivity index (χ3v) is 7.54. The molecular formula is C30H32O5. The fourth-order valence-corrected chi connectivity index (χ4v) is 5.84. The molecule has 2 aliphatic carbocycles. The molecule has 0 spiro atoms. The van der Waals surface area contributed by atoms with Crippen molar-refractivity contribution in [2.45, 2.75) is 25.4 Å². The summed E-state index contributed by atoms with van der Waals surface area (Å²) < 4.78 is 22.7. The number of carbonyl (C=O) groups is 1. The van der Waals surface area contributed by atoms with Crippen LogP contribution in [0.2, 0.25) is 0 Å². The molecule has 5 rings (SSSR count). The summed E-state index contributed by atoms with van der Waals surface area (Å²) in [5.41, 5.74) is 5.38. The van der Waals surface area contributed by atoms with Crippen LogP contribution in [0.3, 0.4) is 0 Å². The molecule has 2 aliphatic rings. The van der Waals surface area contributed by atoms with Crippen LogP contribution in [-0.2, 0) is 27.1 Å². The highest BCUT2D eigenvalue weighted by molar-refractivity contribution is 5.90. The van der Waals surface area contributed by atoms with E-state index in [2.05, 4.69) is 24.3 Å². The second kappa shape index (κ2) is 10.6. The summed E-state index contributed by atoms with van der Waals surface area (Å²) in [4.78, 5) is 13.1. The van der Waals surface area contributed by atoms with Gasteiger partial charge in [-0.1, -0.05) is 54.6 Å². The summed E-state index contributed by atoms with van der Waals surface area (Å²) in [5, 5.41) is 0. The Hall–Kier alpha value is -3.15. The van der Waals surface area contributed by atoms with Crippen LogP contribution in [-0.4, -0.2) is 39.7 Å². The van der Waals surface area contributed by atoms with E-state index in [1.807, 2.05) is 48.5 Å². The lowest BCUT2D eigenvalue weighted by Crippen LogP contribution is -2.32. The minimum absolute atomic E-state index is 0.127. The highest BCUT2D eigenvalue weighted by Gasteiger charge is 2.47. The molecule has 0 amide bonds.